The molecule has 0 aliphatic heterocycles. The smallest absolute Gasteiger partial charge is 0.276 e. The molecule has 1 N–H and O–H groups in total. The van der Waals surface area contributed by atoms with Crippen LogP contribution in [-0.4, -0.2) is 15.9 Å². The summed E-state index contributed by atoms with van der Waals surface area (Å²) in [7, 11) is 0. The molecule has 0 aromatic carbocycles. The lowest BCUT2D eigenvalue weighted by atomic mass is 10.3. The number of pyridine rings is 1. The van der Waals surface area contributed by atoms with Gasteiger partial charge in [0.2, 0.25) is 0 Å². The topological polar surface area (TPSA) is 54.9 Å². The van der Waals surface area contributed by atoms with Crippen LogP contribution in [0.4, 0.5) is 5.13 Å². The van der Waals surface area contributed by atoms with E-state index in [0.29, 0.717) is 15.4 Å². The van der Waals surface area contributed by atoms with E-state index in [4.69, 9.17) is 0 Å². The highest BCUT2D eigenvalue weighted by Crippen LogP contribution is 2.22. The summed E-state index contributed by atoms with van der Waals surface area (Å²) >= 11 is 4.72. The van der Waals surface area contributed by atoms with E-state index < -0.39 is 0 Å². The third-order valence-corrected chi connectivity index (χ3v) is 3.77. The van der Waals surface area contributed by atoms with Crippen LogP contribution in [0, 0.1) is 6.92 Å². The van der Waals surface area contributed by atoms with Gasteiger partial charge in [0.1, 0.15) is 10.3 Å². The maximum atomic E-state index is 11.9. The molecule has 0 spiro atoms. The molecule has 6 heteroatoms. The number of hydrogen-bond acceptors (Lipinski definition) is 4. The van der Waals surface area contributed by atoms with Gasteiger partial charge < -0.3 is 0 Å². The first-order valence-corrected chi connectivity index (χ1v) is 7.11. The second kappa shape index (κ2) is 5.58. The summed E-state index contributed by atoms with van der Waals surface area (Å²) in [5.74, 6) is -0.243. The highest BCUT2D eigenvalue weighted by atomic mass is 79.9. The van der Waals surface area contributed by atoms with Crippen molar-refractivity contribution in [2.75, 3.05) is 5.32 Å². The zero-order valence-corrected chi connectivity index (χ0v) is 12.4. The van der Waals surface area contributed by atoms with Crippen LogP contribution in [0.25, 0.3) is 0 Å². The van der Waals surface area contributed by atoms with Crippen molar-refractivity contribution in [3.63, 3.8) is 0 Å². The van der Waals surface area contributed by atoms with Crippen LogP contribution in [-0.2, 0) is 6.42 Å². The molecule has 1 amide bonds. The Labute approximate surface area is 118 Å². The Morgan fingerprint density at radius 3 is 2.83 bits per heavy atom. The number of carbonyl (C=O) groups excluding carboxylic acids is 1. The van der Waals surface area contributed by atoms with Crippen molar-refractivity contribution < 1.29 is 4.79 Å². The number of amides is 1. The van der Waals surface area contributed by atoms with Crippen LogP contribution < -0.4 is 5.32 Å². The zero-order chi connectivity index (χ0) is 13.1. The highest BCUT2D eigenvalue weighted by molar-refractivity contribution is 9.10. The van der Waals surface area contributed by atoms with Gasteiger partial charge in [-0.05, 0) is 41.4 Å². The normalized spacial score (nSPS) is 10.4. The largest absolute Gasteiger partial charge is 0.296 e. The average Bonchev–Trinajstić information content (AvgIpc) is 2.69. The lowest BCUT2D eigenvalue weighted by Crippen LogP contribution is -2.13. The Kier molecular flexibility index (Phi) is 4.08. The van der Waals surface area contributed by atoms with E-state index in [1.807, 2.05) is 13.8 Å². The van der Waals surface area contributed by atoms with E-state index in [9.17, 15) is 4.79 Å². The van der Waals surface area contributed by atoms with Crippen molar-refractivity contribution in [1.82, 2.24) is 9.97 Å². The molecule has 2 rings (SSSR count). The van der Waals surface area contributed by atoms with Crippen molar-refractivity contribution >= 4 is 38.3 Å². The number of anilines is 1. The van der Waals surface area contributed by atoms with Crippen LogP contribution in [0.2, 0.25) is 0 Å². The molecule has 0 saturated carbocycles. The minimum atomic E-state index is -0.243. The summed E-state index contributed by atoms with van der Waals surface area (Å²) < 4.78 is 0.639. The van der Waals surface area contributed by atoms with Crippen LogP contribution in [0.3, 0.4) is 0 Å². The highest BCUT2D eigenvalue weighted by Gasteiger charge is 2.12. The van der Waals surface area contributed by atoms with E-state index in [1.54, 1.807) is 18.2 Å². The zero-order valence-electron chi connectivity index (χ0n) is 10.0. The summed E-state index contributed by atoms with van der Waals surface area (Å²) in [5, 5.41) is 3.39. The first-order valence-electron chi connectivity index (χ1n) is 5.50. The fourth-order valence-corrected chi connectivity index (χ4v) is 2.75. The third-order valence-electron chi connectivity index (χ3n) is 2.40. The van der Waals surface area contributed by atoms with Gasteiger partial charge in [-0.3, -0.25) is 10.1 Å². The Hall–Kier alpha value is -1.27. The predicted octanol–water partition coefficient (Wildman–Crippen LogP) is 3.42. The number of nitrogens with zero attached hydrogens (tertiary/aromatic N) is 2. The molecular formula is C12H12BrN3OS. The van der Waals surface area contributed by atoms with Crippen LogP contribution in [0.5, 0.6) is 0 Å². The number of carbonyl (C=O) groups is 1. The van der Waals surface area contributed by atoms with Crippen LogP contribution in [0.15, 0.2) is 22.8 Å². The second-order valence-corrected chi connectivity index (χ2v) is 5.69. The van der Waals surface area contributed by atoms with E-state index in [-0.39, 0.29) is 5.91 Å². The maximum Gasteiger partial charge on any atom is 0.276 e. The number of aromatic nitrogens is 2. The lowest BCUT2D eigenvalue weighted by molar-refractivity contribution is 0.102. The minimum Gasteiger partial charge on any atom is -0.296 e. The van der Waals surface area contributed by atoms with Gasteiger partial charge in [-0.2, -0.15) is 0 Å². The summed E-state index contributed by atoms with van der Waals surface area (Å²) in [6.07, 6.45) is 0.868. The molecule has 18 heavy (non-hydrogen) atoms. The molecule has 2 heterocycles. The quantitative estimate of drug-likeness (QED) is 0.879. The van der Waals surface area contributed by atoms with Gasteiger partial charge in [0.25, 0.3) is 5.91 Å². The van der Waals surface area contributed by atoms with Gasteiger partial charge in [-0.25, -0.2) is 9.97 Å². The number of rotatable bonds is 3. The van der Waals surface area contributed by atoms with Crippen molar-refractivity contribution in [1.29, 1.82) is 0 Å². The van der Waals surface area contributed by atoms with Gasteiger partial charge in [0.05, 0.1) is 5.69 Å². The fourth-order valence-electron chi connectivity index (χ4n) is 1.51. The average molecular weight is 326 g/mol. The van der Waals surface area contributed by atoms with Crippen molar-refractivity contribution in [2.24, 2.45) is 0 Å². The number of aryl methyl sites for hydroxylation is 2. The number of hydrogen-bond donors (Lipinski definition) is 1. The number of thiazole rings is 1. The van der Waals surface area contributed by atoms with Crippen molar-refractivity contribution in [3.8, 4) is 0 Å². The maximum absolute atomic E-state index is 11.9. The van der Waals surface area contributed by atoms with Crippen LogP contribution >= 0.6 is 27.3 Å². The molecule has 4 nitrogen and oxygen atoms in total. The molecule has 0 aliphatic carbocycles. The van der Waals surface area contributed by atoms with E-state index >= 15 is 0 Å². The summed E-state index contributed by atoms with van der Waals surface area (Å²) in [6.45, 7) is 4.05. The molecule has 0 saturated heterocycles. The summed E-state index contributed by atoms with van der Waals surface area (Å²) in [6, 6.07) is 5.22. The van der Waals surface area contributed by atoms with Crippen molar-refractivity contribution in [2.45, 2.75) is 20.3 Å². The van der Waals surface area contributed by atoms with Gasteiger partial charge in [-0.1, -0.05) is 13.0 Å². The summed E-state index contributed by atoms with van der Waals surface area (Å²) in [4.78, 5) is 21.5. The molecule has 0 fully saturated rings. The van der Waals surface area contributed by atoms with Gasteiger partial charge >= 0.3 is 0 Å². The summed E-state index contributed by atoms with van der Waals surface area (Å²) in [5.41, 5.74) is 1.40. The Balaban J connectivity index is 2.16. The van der Waals surface area contributed by atoms with E-state index in [1.165, 1.54) is 11.3 Å². The van der Waals surface area contributed by atoms with Crippen molar-refractivity contribution in [3.05, 3.63) is 39.1 Å². The molecule has 94 valence electrons. The monoisotopic (exact) mass is 325 g/mol. The molecule has 0 aliphatic rings. The standard InChI is InChI=1S/C12H12BrN3OS/c1-3-8-7(2)18-12(15-8)16-11(17)9-5-4-6-10(13)14-9/h4-6H,3H2,1-2H3,(H,15,16,17). The SMILES string of the molecule is CCc1nc(NC(=O)c2cccc(Br)n2)sc1C. The fraction of sp³-hybridized carbons (Fsp3) is 0.250. The minimum absolute atomic E-state index is 0.243. The van der Waals surface area contributed by atoms with Gasteiger partial charge in [-0.15, -0.1) is 11.3 Å². The molecule has 0 atom stereocenters. The number of nitrogens with one attached hydrogen (secondary N) is 1. The Morgan fingerprint density at radius 2 is 2.22 bits per heavy atom. The first-order chi connectivity index (χ1) is 8.60. The molecule has 2 aromatic heterocycles. The Morgan fingerprint density at radius 1 is 1.44 bits per heavy atom. The predicted molar refractivity (Wildman–Crippen MR) is 76.1 cm³/mol. The first kappa shape index (κ1) is 13.2. The van der Waals surface area contributed by atoms with E-state index in [2.05, 4.69) is 31.2 Å². The Bertz CT molecular complexity index is 582. The second-order valence-electron chi connectivity index (χ2n) is 3.68. The molecule has 0 bridgehead atoms. The van der Waals surface area contributed by atoms with E-state index in [0.717, 1.165) is 17.0 Å². The van der Waals surface area contributed by atoms with Gasteiger partial charge in [0, 0.05) is 4.88 Å². The lowest BCUT2D eigenvalue weighted by Gasteiger charge is -2.00. The third kappa shape index (κ3) is 2.94. The molecular weight excluding hydrogens is 314 g/mol. The molecule has 0 unspecified atom stereocenters. The van der Waals surface area contributed by atoms with Gasteiger partial charge in [0.15, 0.2) is 5.13 Å². The van der Waals surface area contributed by atoms with Crippen LogP contribution in [0.1, 0.15) is 28.0 Å². The molecule has 2 aromatic rings. The molecule has 0 radical (unpaired) electrons. The number of halogens is 1.